The van der Waals surface area contributed by atoms with E-state index >= 15 is 0 Å². The second kappa shape index (κ2) is 7.57. The Labute approximate surface area is 148 Å². The van der Waals surface area contributed by atoms with Crippen LogP contribution in [0.3, 0.4) is 0 Å². The number of rotatable bonds is 5. The summed E-state index contributed by atoms with van der Waals surface area (Å²) in [7, 11) is 3.30. The maximum Gasteiger partial charge on any atom is 0.191 e. The van der Waals surface area contributed by atoms with Gasteiger partial charge < -0.3 is 14.0 Å². The number of aromatic nitrogens is 3. The summed E-state index contributed by atoms with van der Waals surface area (Å²) >= 11 is 5.33. The van der Waals surface area contributed by atoms with E-state index in [1.165, 1.54) is 19.3 Å². The molecule has 0 fully saturated rings. The quantitative estimate of drug-likeness (QED) is 0.711. The first-order chi connectivity index (χ1) is 11.2. The molecule has 0 atom stereocenters. The van der Waals surface area contributed by atoms with E-state index < -0.39 is 0 Å². The van der Waals surface area contributed by atoms with Gasteiger partial charge in [-0.3, -0.25) is 0 Å². The normalized spacial score (nSPS) is 14.2. The molecule has 0 radical (unpaired) electrons. The molecule has 23 heavy (non-hydrogen) atoms. The molecule has 5 nitrogen and oxygen atoms in total. The molecule has 3 rings (SSSR count). The fourth-order valence-corrected chi connectivity index (χ4v) is 4.34. The van der Waals surface area contributed by atoms with Gasteiger partial charge >= 0.3 is 0 Å². The molecule has 1 aromatic heterocycles. The number of nitrogens with zero attached hydrogens (tertiary/aromatic N) is 3. The van der Waals surface area contributed by atoms with Crippen LogP contribution in [0.25, 0.3) is 0 Å². The fraction of sp³-hybridized carbons (Fsp3) is 0.500. The molecule has 0 amide bonds. The van der Waals surface area contributed by atoms with E-state index in [1.54, 1.807) is 26.0 Å². The van der Waals surface area contributed by atoms with E-state index in [1.807, 2.05) is 12.1 Å². The summed E-state index contributed by atoms with van der Waals surface area (Å²) in [6.07, 6.45) is 4.73. The highest BCUT2D eigenvalue weighted by atomic mass is 79.9. The van der Waals surface area contributed by atoms with Crippen LogP contribution in [0, 0.1) is 0 Å². The Kier molecular flexibility index (Phi) is 5.48. The van der Waals surface area contributed by atoms with Crippen LogP contribution in [0.15, 0.2) is 21.8 Å². The largest absolute Gasteiger partial charge is 0.493 e. The third-order valence-corrected chi connectivity index (χ3v) is 5.74. The van der Waals surface area contributed by atoms with Gasteiger partial charge in [0, 0.05) is 23.2 Å². The van der Waals surface area contributed by atoms with Crippen LogP contribution >= 0.6 is 27.7 Å². The molecule has 0 spiro atoms. The fourth-order valence-electron chi connectivity index (χ4n) is 2.71. The molecule has 7 heteroatoms. The number of halogens is 1. The molecule has 1 aromatic carbocycles. The zero-order valence-corrected chi connectivity index (χ0v) is 15.7. The lowest BCUT2D eigenvalue weighted by Crippen LogP contribution is -2.02. The van der Waals surface area contributed by atoms with Crippen molar-refractivity contribution in [2.45, 2.75) is 43.1 Å². The van der Waals surface area contributed by atoms with Gasteiger partial charge in [0.2, 0.25) is 0 Å². The van der Waals surface area contributed by atoms with Gasteiger partial charge in [-0.15, -0.1) is 10.2 Å². The summed E-state index contributed by atoms with van der Waals surface area (Å²) in [4.78, 5) is 0. The number of aryl methyl sites for hydroxylation is 1. The highest BCUT2D eigenvalue weighted by molar-refractivity contribution is 9.10. The van der Waals surface area contributed by atoms with Crippen LogP contribution in [0.4, 0.5) is 0 Å². The summed E-state index contributed by atoms with van der Waals surface area (Å²) < 4.78 is 14.0. The zero-order chi connectivity index (χ0) is 16.2. The summed E-state index contributed by atoms with van der Waals surface area (Å²) in [5, 5.41) is 9.72. The first-order valence-electron chi connectivity index (χ1n) is 7.68. The average molecular weight is 398 g/mol. The predicted octanol–water partition coefficient (Wildman–Crippen LogP) is 4.08. The molecule has 1 aliphatic heterocycles. The Hall–Kier alpha value is -1.21. The van der Waals surface area contributed by atoms with Crippen molar-refractivity contribution in [2.24, 2.45) is 0 Å². The first kappa shape index (κ1) is 16.6. The van der Waals surface area contributed by atoms with Crippen LogP contribution in [0.1, 0.15) is 30.7 Å². The van der Waals surface area contributed by atoms with E-state index in [2.05, 4.69) is 30.7 Å². The van der Waals surface area contributed by atoms with Gasteiger partial charge in [0.15, 0.2) is 16.7 Å². The van der Waals surface area contributed by atoms with Crippen molar-refractivity contribution in [3.8, 4) is 11.5 Å². The average Bonchev–Trinajstić information content (AvgIpc) is 2.79. The number of benzene rings is 1. The van der Waals surface area contributed by atoms with Crippen LogP contribution in [0.2, 0.25) is 0 Å². The molecule has 124 valence electrons. The van der Waals surface area contributed by atoms with Crippen molar-refractivity contribution in [3.63, 3.8) is 0 Å². The Bertz CT molecular complexity index is 690. The van der Waals surface area contributed by atoms with Gasteiger partial charge in [-0.05, 0) is 30.5 Å². The Balaban J connectivity index is 1.77. The summed E-state index contributed by atoms with van der Waals surface area (Å²) in [6.45, 7) is 1.03. The minimum Gasteiger partial charge on any atom is -0.493 e. The van der Waals surface area contributed by atoms with E-state index in [0.29, 0.717) is 0 Å². The van der Waals surface area contributed by atoms with Gasteiger partial charge in [-0.25, -0.2) is 0 Å². The van der Waals surface area contributed by atoms with E-state index in [0.717, 1.165) is 51.2 Å². The Morgan fingerprint density at radius 3 is 2.70 bits per heavy atom. The van der Waals surface area contributed by atoms with Gasteiger partial charge in [0.25, 0.3) is 0 Å². The van der Waals surface area contributed by atoms with Crippen molar-refractivity contribution in [1.29, 1.82) is 0 Å². The Morgan fingerprint density at radius 1 is 1.13 bits per heavy atom. The Morgan fingerprint density at radius 2 is 1.91 bits per heavy atom. The lowest BCUT2D eigenvalue weighted by atomic mass is 10.2. The lowest BCUT2D eigenvalue weighted by molar-refractivity contribution is 0.354. The maximum absolute atomic E-state index is 5.39. The standard InChI is InChI=1S/C16H20BrN3O2S/c1-21-13-8-11(12(17)9-14(13)22-2)10-23-16-19-18-15-6-4-3-5-7-20(15)16/h8-9H,3-7,10H2,1-2H3. The molecule has 0 saturated carbocycles. The number of hydrogen-bond donors (Lipinski definition) is 0. The van der Waals surface area contributed by atoms with Gasteiger partial charge in [0.05, 0.1) is 14.2 Å². The van der Waals surface area contributed by atoms with E-state index in [-0.39, 0.29) is 0 Å². The number of hydrogen-bond acceptors (Lipinski definition) is 5. The van der Waals surface area contributed by atoms with Crippen molar-refractivity contribution in [2.75, 3.05) is 14.2 Å². The molecule has 1 aliphatic rings. The topological polar surface area (TPSA) is 49.2 Å². The molecule has 0 saturated heterocycles. The molecular formula is C16H20BrN3O2S. The monoisotopic (exact) mass is 397 g/mol. The van der Waals surface area contributed by atoms with Crippen molar-refractivity contribution in [3.05, 3.63) is 28.0 Å². The molecule has 2 aromatic rings. The smallest absolute Gasteiger partial charge is 0.191 e. The second-order valence-corrected chi connectivity index (χ2v) is 7.25. The third kappa shape index (κ3) is 3.66. The van der Waals surface area contributed by atoms with Gasteiger partial charge in [-0.2, -0.15) is 0 Å². The van der Waals surface area contributed by atoms with Gasteiger partial charge in [-0.1, -0.05) is 34.1 Å². The number of thioether (sulfide) groups is 1. The van der Waals surface area contributed by atoms with Crippen molar-refractivity contribution < 1.29 is 9.47 Å². The molecular weight excluding hydrogens is 378 g/mol. The van der Waals surface area contributed by atoms with E-state index in [9.17, 15) is 0 Å². The minimum atomic E-state index is 0.726. The SMILES string of the molecule is COc1cc(Br)c(CSc2nnc3n2CCCCC3)cc1OC. The zero-order valence-electron chi connectivity index (χ0n) is 13.3. The molecule has 0 bridgehead atoms. The minimum absolute atomic E-state index is 0.726. The highest BCUT2D eigenvalue weighted by Crippen LogP contribution is 2.36. The van der Waals surface area contributed by atoms with Crippen molar-refractivity contribution in [1.82, 2.24) is 14.8 Å². The maximum atomic E-state index is 5.39. The predicted molar refractivity (Wildman–Crippen MR) is 94.4 cm³/mol. The van der Waals surface area contributed by atoms with Crippen LogP contribution in [-0.4, -0.2) is 29.0 Å². The van der Waals surface area contributed by atoms with E-state index in [4.69, 9.17) is 9.47 Å². The number of ether oxygens (including phenoxy) is 2. The molecule has 2 heterocycles. The third-order valence-electron chi connectivity index (χ3n) is 3.98. The van der Waals surface area contributed by atoms with Gasteiger partial charge in [0.1, 0.15) is 5.82 Å². The number of fused-ring (bicyclic) bond motifs is 1. The second-order valence-electron chi connectivity index (χ2n) is 5.45. The van der Waals surface area contributed by atoms with Crippen LogP contribution < -0.4 is 9.47 Å². The van der Waals surface area contributed by atoms with Crippen LogP contribution in [-0.2, 0) is 18.7 Å². The highest BCUT2D eigenvalue weighted by Gasteiger charge is 2.16. The lowest BCUT2D eigenvalue weighted by Gasteiger charge is -2.12. The molecule has 0 unspecified atom stereocenters. The summed E-state index contributed by atoms with van der Waals surface area (Å²) in [5.74, 6) is 3.39. The molecule has 0 N–H and O–H groups in total. The van der Waals surface area contributed by atoms with Crippen molar-refractivity contribution >= 4 is 27.7 Å². The molecule has 0 aliphatic carbocycles. The summed E-state index contributed by atoms with van der Waals surface area (Å²) in [5.41, 5.74) is 1.15. The summed E-state index contributed by atoms with van der Waals surface area (Å²) in [6, 6.07) is 3.95. The first-order valence-corrected chi connectivity index (χ1v) is 9.46. The van der Waals surface area contributed by atoms with Crippen LogP contribution in [0.5, 0.6) is 11.5 Å². The number of methoxy groups -OCH3 is 2.